The largest absolute Gasteiger partial charge is 0.494 e. The third-order valence-corrected chi connectivity index (χ3v) is 6.65. The van der Waals surface area contributed by atoms with Crippen molar-refractivity contribution in [2.75, 3.05) is 61.4 Å². The van der Waals surface area contributed by atoms with Crippen molar-refractivity contribution in [3.05, 3.63) is 48.0 Å². The molecule has 0 radical (unpaired) electrons. The minimum Gasteiger partial charge on any atom is -0.494 e. The van der Waals surface area contributed by atoms with E-state index in [1.807, 2.05) is 31.2 Å². The molecule has 2 aromatic rings. The number of likely N-dealkylation sites (N-methyl/N-ethyl adjacent to an activating group) is 1. The number of hydrogen-bond acceptors (Lipinski definition) is 5. The number of carbonyl (C=O) groups is 2. The molecule has 8 heteroatoms. The Kier molecular flexibility index (Phi) is 10.4. The Morgan fingerprint density at radius 3 is 2.25 bits per heavy atom. The highest BCUT2D eigenvalue weighted by atomic mass is 16.5. The summed E-state index contributed by atoms with van der Waals surface area (Å²) >= 11 is 0. The quantitative estimate of drug-likeness (QED) is 0.407. The fourth-order valence-corrected chi connectivity index (χ4v) is 4.38. The number of nitrogens with one attached hydrogen (secondary N) is 3. The summed E-state index contributed by atoms with van der Waals surface area (Å²) in [6, 6.07) is 12.4. The lowest BCUT2D eigenvalue weighted by Gasteiger charge is -2.33. The molecule has 1 aliphatic rings. The number of carbonyl (C=O) groups excluding carboxylic acids is 2. The van der Waals surface area contributed by atoms with E-state index in [9.17, 15) is 9.59 Å². The Bertz CT molecular complexity index is 983. The van der Waals surface area contributed by atoms with E-state index in [0.717, 1.165) is 57.0 Å². The summed E-state index contributed by atoms with van der Waals surface area (Å²) in [4.78, 5) is 30.4. The second-order valence-corrected chi connectivity index (χ2v) is 9.22. The van der Waals surface area contributed by atoms with Gasteiger partial charge in [-0.2, -0.15) is 0 Å². The molecule has 196 valence electrons. The maximum Gasteiger partial charge on any atom is 0.323 e. The van der Waals surface area contributed by atoms with Gasteiger partial charge in [0.05, 0.1) is 12.2 Å². The van der Waals surface area contributed by atoms with Crippen LogP contribution in [0.25, 0.3) is 0 Å². The molecule has 0 saturated carbocycles. The maximum atomic E-state index is 13.2. The topological polar surface area (TPSA) is 85.9 Å². The van der Waals surface area contributed by atoms with Gasteiger partial charge in [-0.05, 0) is 81.2 Å². The monoisotopic (exact) mass is 495 g/mol. The summed E-state index contributed by atoms with van der Waals surface area (Å²) in [5, 5.41) is 8.77. The van der Waals surface area contributed by atoms with Crippen LogP contribution in [0.5, 0.6) is 5.75 Å². The van der Waals surface area contributed by atoms with Crippen LogP contribution in [0.3, 0.4) is 0 Å². The van der Waals surface area contributed by atoms with Gasteiger partial charge in [-0.25, -0.2) is 4.79 Å². The second kappa shape index (κ2) is 13.7. The molecule has 1 aliphatic heterocycles. The molecule has 0 spiro atoms. The van der Waals surface area contributed by atoms with E-state index in [1.165, 1.54) is 0 Å². The summed E-state index contributed by atoms with van der Waals surface area (Å²) in [5.74, 6) is 1.33. The number of anilines is 3. The second-order valence-electron chi connectivity index (χ2n) is 9.22. The summed E-state index contributed by atoms with van der Waals surface area (Å²) < 4.78 is 5.44. The average molecular weight is 496 g/mol. The number of ether oxygens (including phenoxy) is 1. The van der Waals surface area contributed by atoms with Gasteiger partial charge in [-0.1, -0.05) is 20.8 Å². The first-order valence-electron chi connectivity index (χ1n) is 13.1. The van der Waals surface area contributed by atoms with Gasteiger partial charge < -0.3 is 30.5 Å². The first-order valence-corrected chi connectivity index (χ1v) is 13.1. The number of rotatable bonds is 11. The third-order valence-electron chi connectivity index (χ3n) is 6.65. The lowest BCUT2D eigenvalue weighted by atomic mass is 9.98. The van der Waals surface area contributed by atoms with Crippen molar-refractivity contribution in [1.82, 2.24) is 10.2 Å². The summed E-state index contributed by atoms with van der Waals surface area (Å²) in [7, 11) is 0. The molecule has 0 atom stereocenters. The number of amides is 3. The van der Waals surface area contributed by atoms with Gasteiger partial charge in [-0.15, -0.1) is 0 Å². The van der Waals surface area contributed by atoms with Crippen molar-refractivity contribution in [1.29, 1.82) is 0 Å². The number of piperidine rings is 1. The van der Waals surface area contributed by atoms with Crippen LogP contribution in [0.4, 0.5) is 21.9 Å². The van der Waals surface area contributed by atoms with Crippen LogP contribution in [0.1, 0.15) is 50.9 Å². The Hall–Kier alpha value is -3.26. The van der Waals surface area contributed by atoms with E-state index in [0.29, 0.717) is 36.0 Å². The highest BCUT2D eigenvalue weighted by Crippen LogP contribution is 2.29. The normalized spacial score (nSPS) is 14.0. The zero-order valence-corrected chi connectivity index (χ0v) is 22.1. The standard InChI is InChI=1S/C28H41N5O3/c1-5-32(6-2)19-16-29-27(34)25-20-23(10-13-26(25)33-17-14-21(4)15-18-33)31-28(35)30-22-8-11-24(12-9-22)36-7-3/h8-13,20-21H,5-7,14-19H2,1-4H3,(H,29,34)(H2,30,31,35). The molecule has 1 fully saturated rings. The van der Waals surface area contributed by atoms with Crippen molar-refractivity contribution >= 4 is 29.0 Å². The van der Waals surface area contributed by atoms with Gasteiger partial charge in [0.15, 0.2) is 0 Å². The van der Waals surface area contributed by atoms with Gasteiger partial charge in [0.1, 0.15) is 5.75 Å². The Morgan fingerprint density at radius 2 is 1.61 bits per heavy atom. The van der Waals surface area contributed by atoms with Crippen molar-refractivity contribution in [3.63, 3.8) is 0 Å². The average Bonchev–Trinajstić information content (AvgIpc) is 2.88. The number of benzene rings is 2. The Morgan fingerprint density at radius 1 is 0.972 bits per heavy atom. The van der Waals surface area contributed by atoms with Gasteiger partial charge in [0.25, 0.3) is 5.91 Å². The molecular formula is C28H41N5O3. The molecule has 1 heterocycles. The molecule has 36 heavy (non-hydrogen) atoms. The van der Waals surface area contributed by atoms with Crippen LogP contribution in [0.15, 0.2) is 42.5 Å². The maximum absolute atomic E-state index is 13.2. The zero-order chi connectivity index (χ0) is 25.9. The minimum atomic E-state index is -0.369. The molecule has 0 bridgehead atoms. The van der Waals surface area contributed by atoms with Crippen LogP contribution in [-0.2, 0) is 0 Å². The molecule has 3 amide bonds. The number of urea groups is 1. The molecular weight excluding hydrogens is 454 g/mol. The molecule has 3 N–H and O–H groups in total. The zero-order valence-electron chi connectivity index (χ0n) is 22.1. The summed E-state index contributed by atoms with van der Waals surface area (Å²) in [6.45, 7) is 14.2. The highest BCUT2D eigenvalue weighted by molar-refractivity contribution is 6.04. The van der Waals surface area contributed by atoms with Crippen LogP contribution in [-0.4, -0.2) is 62.7 Å². The predicted molar refractivity (Wildman–Crippen MR) is 147 cm³/mol. The van der Waals surface area contributed by atoms with Crippen molar-refractivity contribution in [2.45, 2.75) is 40.5 Å². The summed E-state index contributed by atoms with van der Waals surface area (Å²) in [6.07, 6.45) is 2.21. The molecule has 1 saturated heterocycles. The molecule has 0 unspecified atom stereocenters. The molecule has 2 aromatic carbocycles. The molecule has 0 aromatic heterocycles. The first kappa shape index (κ1) is 27.3. The number of hydrogen-bond donors (Lipinski definition) is 3. The molecule has 3 rings (SSSR count). The predicted octanol–water partition coefficient (Wildman–Crippen LogP) is 5.04. The van der Waals surface area contributed by atoms with Crippen molar-refractivity contribution in [2.24, 2.45) is 5.92 Å². The first-order chi connectivity index (χ1) is 17.4. The highest BCUT2D eigenvalue weighted by Gasteiger charge is 2.22. The van der Waals surface area contributed by atoms with Gasteiger partial charge in [0, 0.05) is 43.2 Å². The van der Waals surface area contributed by atoms with Crippen LogP contribution in [0.2, 0.25) is 0 Å². The van der Waals surface area contributed by atoms with E-state index in [2.05, 4.69) is 46.5 Å². The molecule has 8 nitrogen and oxygen atoms in total. The van der Waals surface area contributed by atoms with E-state index >= 15 is 0 Å². The van der Waals surface area contributed by atoms with E-state index in [4.69, 9.17) is 4.74 Å². The van der Waals surface area contributed by atoms with E-state index < -0.39 is 0 Å². The van der Waals surface area contributed by atoms with Crippen LogP contribution < -0.4 is 25.6 Å². The summed E-state index contributed by atoms with van der Waals surface area (Å²) in [5.41, 5.74) is 2.73. The van der Waals surface area contributed by atoms with Gasteiger partial charge >= 0.3 is 6.03 Å². The number of nitrogens with zero attached hydrogens (tertiary/aromatic N) is 2. The third kappa shape index (κ3) is 7.88. The van der Waals surface area contributed by atoms with Gasteiger partial charge in [-0.3, -0.25) is 4.79 Å². The lowest BCUT2D eigenvalue weighted by molar-refractivity contribution is 0.0949. The lowest BCUT2D eigenvalue weighted by Crippen LogP contribution is -2.37. The van der Waals surface area contributed by atoms with Crippen molar-refractivity contribution in [3.8, 4) is 5.75 Å². The van der Waals surface area contributed by atoms with E-state index in [1.54, 1.807) is 18.2 Å². The fourth-order valence-electron chi connectivity index (χ4n) is 4.38. The fraction of sp³-hybridized carbons (Fsp3) is 0.500. The van der Waals surface area contributed by atoms with Gasteiger partial charge in [0.2, 0.25) is 0 Å². The Labute approximate surface area is 215 Å². The minimum absolute atomic E-state index is 0.119. The van der Waals surface area contributed by atoms with Crippen LogP contribution >= 0.6 is 0 Å². The van der Waals surface area contributed by atoms with Crippen LogP contribution in [0, 0.1) is 5.92 Å². The van der Waals surface area contributed by atoms with Crippen molar-refractivity contribution < 1.29 is 14.3 Å². The Balaban J connectivity index is 1.71. The molecule has 0 aliphatic carbocycles. The van der Waals surface area contributed by atoms with E-state index in [-0.39, 0.29) is 11.9 Å². The SMILES string of the molecule is CCOc1ccc(NC(=O)Nc2ccc(N3CCC(C)CC3)c(C(=O)NCCN(CC)CC)c2)cc1. The smallest absolute Gasteiger partial charge is 0.323 e.